The van der Waals surface area contributed by atoms with Crippen molar-refractivity contribution in [2.45, 2.75) is 6.92 Å². The number of tetrazole rings is 1. The predicted molar refractivity (Wildman–Crippen MR) is 69.1 cm³/mol. The highest BCUT2D eigenvalue weighted by molar-refractivity contribution is 5.74. The first-order chi connectivity index (χ1) is 9.22. The van der Waals surface area contributed by atoms with Crippen LogP contribution in [-0.4, -0.2) is 46.4 Å². The quantitative estimate of drug-likeness (QED) is 0.736. The minimum Gasteiger partial charge on any atom is -0.465 e. The number of aromatic nitrogens is 4. The molecule has 1 heterocycles. The topological polar surface area (TPSA) is 73.1 Å². The molecule has 0 aliphatic carbocycles. The normalized spacial score (nSPS) is 10.2. The average Bonchev–Trinajstić information content (AvgIpc) is 2.89. The lowest BCUT2D eigenvalue weighted by atomic mass is 10.3. The van der Waals surface area contributed by atoms with Gasteiger partial charge >= 0.3 is 5.97 Å². The van der Waals surface area contributed by atoms with E-state index in [1.54, 1.807) is 23.6 Å². The molecule has 2 aromatic rings. The number of esters is 1. The van der Waals surface area contributed by atoms with Gasteiger partial charge in [0.25, 0.3) is 5.95 Å². The summed E-state index contributed by atoms with van der Waals surface area (Å²) in [5, 5.41) is 11.5. The molecule has 0 radical (unpaired) electrons. The Balaban J connectivity index is 2.18. The molecule has 0 bridgehead atoms. The fraction of sp³-hybridized carbons (Fsp3) is 0.333. The third-order valence-corrected chi connectivity index (χ3v) is 2.47. The van der Waals surface area contributed by atoms with E-state index in [2.05, 4.69) is 15.5 Å². The lowest BCUT2D eigenvalue weighted by Crippen LogP contribution is -2.29. The summed E-state index contributed by atoms with van der Waals surface area (Å²) < 4.78 is 6.47. The summed E-state index contributed by atoms with van der Waals surface area (Å²) in [6, 6.07) is 9.48. The maximum atomic E-state index is 11.5. The summed E-state index contributed by atoms with van der Waals surface area (Å²) in [7, 11) is 1.74. The van der Waals surface area contributed by atoms with E-state index < -0.39 is 0 Å². The zero-order chi connectivity index (χ0) is 13.7. The molecule has 0 unspecified atom stereocenters. The summed E-state index contributed by atoms with van der Waals surface area (Å²) in [5.74, 6) is 0.173. The first-order valence-electron chi connectivity index (χ1n) is 5.93. The van der Waals surface area contributed by atoms with Gasteiger partial charge in [0.2, 0.25) is 0 Å². The van der Waals surface area contributed by atoms with Gasteiger partial charge < -0.3 is 9.64 Å². The van der Waals surface area contributed by atoms with Crippen molar-refractivity contribution in [3.05, 3.63) is 30.3 Å². The molecule has 7 nitrogen and oxygen atoms in total. The standard InChI is InChI=1S/C12H15N5O2/c1-3-19-11(18)9-16(2)12-13-14-15-17(12)10-7-5-4-6-8-10/h4-8H,3,9H2,1-2H3. The Labute approximate surface area is 110 Å². The third-order valence-electron chi connectivity index (χ3n) is 2.47. The molecule has 7 heteroatoms. The van der Waals surface area contributed by atoms with Gasteiger partial charge in [0.15, 0.2) is 0 Å². The summed E-state index contributed by atoms with van der Waals surface area (Å²) >= 11 is 0. The fourth-order valence-electron chi connectivity index (χ4n) is 1.63. The Morgan fingerprint density at radius 1 is 1.37 bits per heavy atom. The molecule has 0 fully saturated rings. The molecule has 0 aliphatic rings. The van der Waals surface area contributed by atoms with Crippen LogP contribution in [0.1, 0.15) is 6.92 Å². The van der Waals surface area contributed by atoms with Crippen molar-refractivity contribution >= 4 is 11.9 Å². The fourth-order valence-corrected chi connectivity index (χ4v) is 1.63. The van der Waals surface area contributed by atoms with Crippen LogP contribution >= 0.6 is 0 Å². The smallest absolute Gasteiger partial charge is 0.325 e. The van der Waals surface area contributed by atoms with E-state index in [-0.39, 0.29) is 12.5 Å². The second-order valence-electron chi connectivity index (χ2n) is 3.89. The molecule has 0 amide bonds. The van der Waals surface area contributed by atoms with Crippen molar-refractivity contribution in [3.8, 4) is 5.69 Å². The zero-order valence-electron chi connectivity index (χ0n) is 10.9. The minimum atomic E-state index is -0.312. The molecule has 1 aromatic heterocycles. The summed E-state index contributed by atoms with van der Waals surface area (Å²) in [5.41, 5.74) is 0.832. The van der Waals surface area contributed by atoms with E-state index in [0.717, 1.165) is 5.69 Å². The number of anilines is 1. The monoisotopic (exact) mass is 261 g/mol. The second kappa shape index (κ2) is 5.94. The van der Waals surface area contributed by atoms with E-state index in [1.165, 1.54) is 0 Å². The van der Waals surface area contributed by atoms with Gasteiger partial charge in [0, 0.05) is 7.05 Å². The Morgan fingerprint density at radius 3 is 2.79 bits per heavy atom. The van der Waals surface area contributed by atoms with Crippen LogP contribution in [-0.2, 0) is 9.53 Å². The Hall–Kier alpha value is -2.44. The number of likely N-dealkylation sites (N-methyl/N-ethyl adjacent to an activating group) is 1. The molecule has 0 atom stereocenters. The van der Waals surface area contributed by atoms with Gasteiger partial charge in [-0.2, -0.15) is 4.68 Å². The molecule has 100 valence electrons. The van der Waals surface area contributed by atoms with E-state index in [0.29, 0.717) is 12.6 Å². The molecule has 0 saturated heterocycles. The highest BCUT2D eigenvalue weighted by Gasteiger charge is 2.15. The van der Waals surface area contributed by atoms with Crippen molar-refractivity contribution in [1.82, 2.24) is 20.2 Å². The van der Waals surface area contributed by atoms with Gasteiger partial charge in [-0.3, -0.25) is 4.79 Å². The van der Waals surface area contributed by atoms with Crippen LogP contribution in [0.4, 0.5) is 5.95 Å². The van der Waals surface area contributed by atoms with Gasteiger partial charge in [0.05, 0.1) is 12.3 Å². The molecule has 2 rings (SSSR count). The summed E-state index contributed by atoms with van der Waals surface area (Å²) in [4.78, 5) is 13.1. The van der Waals surface area contributed by atoms with Crippen LogP contribution in [0.5, 0.6) is 0 Å². The second-order valence-corrected chi connectivity index (χ2v) is 3.89. The first kappa shape index (κ1) is 13.0. The van der Waals surface area contributed by atoms with Gasteiger partial charge in [-0.25, -0.2) is 0 Å². The molecule has 0 N–H and O–H groups in total. The third kappa shape index (κ3) is 3.06. The van der Waals surface area contributed by atoms with Crippen LogP contribution < -0.4 is 4.90 Å². The van der Waals surface area contributed by atoms with Crippen molar-refractivity contribution in [2.75, 3.05) is 25.1 Å². The van der Waals surface area contributed by atoms with Gasteiger partial charge in [-0.05, 0) is 29.5 Å². The molecular formula is C12H15N5O2. The van der Waals surface area contributed by atoms with Crippen LogP contribution in [0.25, 0.3) is 5.69 Å². The van der Waals surface area contributed by atoms with Crippen LogP contribution in [0.3, 0.4) is 0 Å². The number of para-hydroxylation sites is 1. The lowest BCUT2D eigenvalue weighted by molar-refractivity contribution is -0.141. The number of rotatable bonds is 5. The number of hydrogen-bond acceptors (Lipinski definition) is 6. The number of carbonyl (C=O) groups is 1. The highest BCUT2D eigenvalue weighted by atomic mass is 16.5. The van der Waals surface area contributed by atoms with Crippen LogP contribution in [0.15, 0.2) is 30.3 Å². The number of carbonyl (C=O) groups excluding carboxylic acids is 1. The maximum absolute atomic E-state index is 11.5. The SMILES string of the molecule is CCOC(=O)CN(C)c1nnnn1-c1ccccc1. The van der Waals surface area contributed by atoms with Crippen LogP contribution in [0.2, 0.25) is 0 Å². The number of ether oxygens (including phenoxy) is 1. The molecule has 0 spiro atoms. The van der Waals surface area contributed by atoms with Gasteiger partial charge in [0.1, 0.15) is 6.54 Å². The Morgan fingerprint density at radius 2 is 2.11 bits per heavy atom. The predicted octanol–water partition coefficient (Wildman–Crippen LogP) is 0.662. The van der Waals surface area contributed by atoms with Crippen molar-refractivity contribution in [1.29, 1.82) is 0 Å². The van der Waals surface area contributed by atoms with Crippen LogP contribution in [0, 0.1) is 0 Å². The van der Waals surface area contributed by atoms with E-state index in [4.69, 9.17) is 4.74 Å². The van der Waals surface area contributed by atoms with Crippen molar-refractivity contribution < 1.29 is 9.53 Å². The molecular weight excluding hydrogens is 246 g/mol. The zero-order valence-corrected chi connectivity index (χ0v) is 10.9. The van der Waals surface area contributed by atoms with E-state index >= 15 is 0 Å². The highest BCUT2D eigenvalue weighted by Crippen LogP contribution is 2.13. The van der Waals surface area contributed by atoms with E-state index in [9.17, 15) is 4.79 Å². The average molecular weight is 261 g/mol. The van der Waals surface area contributed by atoms with Crippen molar-refractivity contribution in [3.63, 3.8) is 0 Å². The molecule has 1 aromatic carbocycles. The van der Waals surface area contributed by atoms with Gasteiger partial charge in [-0.15, -0.1) is 0 Å². The summed E-state index contributed by atoms with van der Waals surface area (Å²) in [6.45, 7) is 2.23. The molecule has 0 aliphatic heterocycles. The number of benzene rings is 1. The lowest BCUT2D eigenvalue weighted by Gasteiger charge is -2.16. The molecule has 0 saturated carbocycles. The molecule has 19 heavy (non-hydrogen) atoms. The van der Waals surface area contributed by atoms with E-state index in [1.807, 2.05) is 30.3 Å². The number of hydrogen-bond donors (Lipinski definition) is 0. The first-order valence-corrected chi connectivity index (χ1v) is 5.93. The number of nitrogens with zero attached hydrogens (tertiary/aromatic N) is 5. The van der Waals surface area contributed by atoms with Gasteiger partial charge in [-0.1, -0.05) is 23.3 Å². The maximum Gasteiger partial charge on any atom is 0.325 e. The Kier molecular flexibility index (Phi) is 4.07. The minimum absolute atomic E-state index is 0.0983. The van der Waals surface area contributed by atoms with Crippen molar-refractivity contribution in [2.24, 2.45) is 0 Å². The summed E-state index contributed by atoms with van der Waals surface area (Å²) in [6.07, 6.45) is 0. The largest absolute Gasteiger partial charge is 0.465 e. The Bertz CT molecular complexity index is 540.